The zero-order valence-electron chi connectivity index (χ0n) is 10.9. The Morgan fingerprint density at radius 3 is 2.72 bits per heavy atom. The molecule has 102 valence electrons. The molecule has 3 nitrogen and oxygen atoms in total. The Morgan fingerprint density at radius 2 is 2.22 bits per heavy atom. The topological polar surface area (TPSA) is 30.5 Å². The number of ether oxygens (including phenoxy) is 2. The third-order valence-corrected chi connectivity index (χ3v) is 5.29. The fraction of sp³-hybridized carbons (Fsp3) is 0.692. The van der Waals surface area contributed by atoms with Gasteiger partial charge in [0.1, 0.15) is 0 Å². The van der Waals surface area contributed by atoms with Gasteiger partial charge in [0.2, 0.25) is 0 Å². The molecule has 5 heteroatoms. The molecule has 2 rings (SSSR count). The molecule has 1 unspecified atom stereocenters. The van der Waals surface area contributed by atoms with Crippen molar-refractivity contribution >= 4 is 27.3 Å². The van der Waals surface area contributed by atoms with Crippen LogP contribution in [0.2, 0.25) is 0 Å². The van der Waals surface area contributed by atoms with Crippen LogP contribution in [0, 0.1) is 0 Å². The second-order valence-electron chi connectivity index (χ2n) is 4.51. The summed E-state index contributed by atoms with van der Waals surface area (Å²) < 4.78 is 12.8. The van der Waals surface area contributed by atoms with Gasteiger partial charge in [0, 0.05) is 42.5 Å². The highest BCUT2D eigenvalue weighted by Gasteiger charge is 2.42. The standard InChI is InChI=1S/C13H20BrNO2S/c1-3-17-13(4-6-16-7-5-13)12(15-2)10-8-18-9-11(10)14/h8-9,12,15H,3-7H2,1-2H3. The molecule has 0 radical (unpaired) electrons. The van der Waals surface area contributed by atoms with Crippen LogP contribution in [-0.2, 0) is 9.47 Å². The summed E-state index contributed by atoms with van der Waals surface area (Å²) in [5.74, 6) is 0. The molecule has 0 amide bonds. The Kier molecular flexibility index (Phi) is 5.21. The molecule has 1 saturated heterocycles. The van der Waals surface area contributed by atoms with Gasteiger partial charge in [-0.1, -0.05) is 0 Å². The second kappa shape index (κ2) is 6.48. The van der Waals surface area contributed by atoms with E-state index in [4.69, 9.17) is 9.47 Å². The number of nitrogens with one attached hydrogen (secondary N) is 1. The molecular formula is C13H20BrNO2S. The zero-order valence-corrected chi connectivity index (χ0v) is 13.3. The molecule has 0 bridgehead atoms. The molecular weight excluding hydrogens is 314 g/mol. The molecule has 0 aliphatic carbocycles. The van der Waals surface area contributed by atoms with Gasteiger partial charge in [0.25, 0.3) is 0 Å². The lowest BCUT2D eigenvalue weighted by atomic mass is 9.83. The fourth-order valence-electron chi connectivity index (χ4n) is 2.72. The summed E-state index contributed by atoms with van der Waals surface area (Å²) in [6.07, 6.45) is 1.88. The third-order valence-electron chi connectivity index (χ3n) is 3.54. The highest BCUT2D eigenvalue weighted by molar-refractivity contribution is 9.10. The van der Waals surface area contributed by atoms with Gasteiger partial charge in [0.15, 0.2) is 0 Å². The van der Waals surface area contributed by atoms with Crippen molar-refractivity contribution in [1.82, 2.24) is 5.32 Å². The Balaban J connectivity index is 2.29. The minimum Gasteiger partial charge on any atom is -0.381 e. The Bertz CT molecular complexity index is 371. The summed E-state index contributed by atoms with van der Waals surface area (Å²) in [7, 11) is 2.00. The molecule has 1 aliphatic heterocycles. The van der Waals surface area contributed by atoms with E-state index >= 15 is 0 Å². The predicted octanol–water partition coefficient (Wildman–Crippen LogP) is 3.36. The van der Waals surface area contributed by atoms with Gasteiger partial charge in [-0.05, 0) is 40.8 Å². The normalized spacial score (nSPS) is 20.8. The van der Waals surface area contributed by atoms with Gasteiger partial charge in [-0.25, -0.2) is 0 Å². The first-order chi connectivity index (χ1) is 8.73. The van der Waals surface area contributed by atoms with Crippen LogP contribution in [0.5, 0.6) is 0 Å². The fourth-order valence-corrected chi connectivity index (χ4v) is 4.27. The first kappa shape index (κ1) is 14.5. The summed E-state index contributed by atoms with van der Waals surface area (Å²) in [4.78, 5) is 0. The molecule has 0 saturated carbocycles. The lowest BCUT2D eigenvalue weighted by molar-refractivity contribution is -0.127. The predicted molar refractivity (Wildman–Crippen MR) is 78.2 cm³/mol. The molecule has 2 heterocycles. The maximum atomic E-state index is 6.14. The van der Waals surface area contributed by atoms with Gasteiger partial charge in [-0.2, -0.15) is 11.3 Å². The Morgan fingerprint density at radius 1 is 1.50 bits per heavy atom. The van der Waals surface area contributed by atoms with Crippen LogP contribution in [-0.4, -0.2) is 32.5 Å². The summed E-state index contributed by atoms with van der Waals surface area (Å²) in [6, 6.07) is 0.210. The number of hydrogen-bond donors (Lipinski definition) is 1. The largest absolute Gasteiger partial charge is 0.381 e. The van der Waals surface area contributed by atoms with Crippen molar-refractivity contribution < 1.29 is 9.47 Å². The first-order valence-corrected chi connectivity index (χ1v) is 8.07. The zero-order chi connectivity index (χ0) is 13.0. The van der Waals surface area contributed by atoms with Crippen LogP contribution in [0.15, 0.2) is 15.2 Å². The molecule has 1 atom stereocenters. The van der Waals surface area contributed by atoms with E-state index in [1.165, 1.54) is 5.56 Å². The van der Waals surface area contributed by atoms with Crippen molar-refractivity contribution in [2.45, 2.75) is 31.4 Å². The van der Waals surface area contributed by atoms with Gasteiger partial charge < -0.3 is 14.8 Å². The van der Waals surface area contributed by atoms with Crippen molar-refractivity contribution in [2.75, 3.05) is 26.9 Å². The quantitative estimate of drug-likeness (QED) is 0.896. The molecule has 0 aromatic carbocycles. The average molecular weight is 334 g/mol. The van der Waals surface area contributed by atoms with E-state index < -0.39 is 0 Å². The maximum absolute atomic E-state index is 6.14. The Hall–Kier alpha value is 0.0600. The van der Waals surface area contributed by atoms with Crippen molar-refractivity contribution in [1.29, 1.82) is 0 Å². The monoisotopic (exact) mass is 333 g/mol. The molecule has 1 N–H and O–H groups in total. The van der Waals surface area contributed by atoms with E-state index in [9.17, 15) is 0 Å². The van der Waals surface area contributed by atoms with E-state index in [1.807, 2.05) is 7.05 Å². The van der Waals surface area contributed by atoms with Gasteiger partial charge >= 0.3 is 0 Å². The van der Waals surface area contributed by atoms with E-state index in [2.05, 4.69) is 38.9 Å². The smallest absolute Gasteiger partial charge is 0.0920 e. The van der Waals surface area contributed by atoms with Crippen molar-refractivity contribution in [3.63, 3.8) is 0 Å². The molecule has 1 aromatic rings. The van der Waals surface area contributed by atoms with Gasteiger partial charge in [-0.15, -0.1) is 0 Å². The molecule has 0 spiro atoms. The number of likely N-dealkylation sites (N-methyl/N-ethyl adjacent to an activating group) is 1. The van der Waals surface area contributed by atoms with Crippen molar-refractivity contribution in [3.8, 4) is 0 Å². The van der Waals surface area contributed by atoms with E-state index in [1.54, 1.807) is 11.3 Å². The second-order valence-corrected chi connectivity index (χ2v) is 6.10. The molecule has 1 aliphatic rings. The summed E-state index contributed by atoms with van der Waals surface area (Å²) in [6.45, 7) is 4.35. The van der Waals surface area contributed by atoms with Gasteiger partial charge in [-0.3, -0.25) is 0 Å². The van der Waals surface area contributed by atoms with Crippen LogP contribution < -0.4 is 5.32 Å². The number of thiophene rings is 1. The van der Waals surface area contributed by atoms with Gasteiger partial charge in [0.05, 0.1) is 11.6 Å². The number of hydrogen-bond acceptors (Lipinski definition) is 4. The van der Waals surface area contributed by atoms with Crippen LogP contribution >= 0.6 is 27.3 Å². The maximum Gasteiger partial charge on any atom is 0.0920 e. The highest BCUT2D eigenvalue weighted by atomic mass is 79.9. The van der Waals surface area contributed by atoms with E-state index in [-0.39, 0.29) is 11.6 Å². The summed E-state index contributed by atoms with van der Waals surface area (Å²) in [5, 5.41) is 7.76. The van der Waals surface area contributed by atoms with Crippen LogP contribution in [0.3, 0.4) is 0 Å². The SMILES string of the molecule is CCOC1(C(NC)c2cscc2Br)CCOCC1. The highest BCUT2D eigenvalue weighted by Crippen LogP contribution is 2.41. The molecule has 1 fully saturated rings. The minimum absolute atomic E-state index is 0.147. The summed E-state index contributed by atoms with van der Waals surface area (Å²) in [5.41, 5.74) is 1.14. The Labute approximate surface area is 121 Å². The minimum atomic E-state index is -0.147. The van der Waals surface area contributed by atoms with E-state index in [0.29, 0.717) is 0 Å². The van der Waals surface area contributed by atoms with Crippen LogP contribution in [0.25, 0.3) is 0 Å². The van der Waals surface area contributed by atoms with Crippen molar-refractivity contribution in [3.05, 3.63) is 20.8 Å². The lowest BCUT2D eigenvalue weighted by Gasteiger charge is -2.43. The average Bonchev–Trinajstić information content (AvgIpc) is 2.78. The first-order valence-electron chi connectivity index (χ1n) is 6.34. The third kappa shape index (κ3) is 2.80. The lowest BCUT2D eigenvalue weighted by Crippen LogP contribution is -2.49. The van der Waals surface area contributed by atoms with Crippen molar-refractivity contribution in [2.24, 2.45) is 0 Å². The number of halogens is 1. The molecule has 1 aromatic heterocycles. The van der Waals surface area contributed by atoms with Crippen LogP contribution in [0.4, 0.5) is 0 Å². The van der Waals surface area contributed by atoms with E-state index in [0.717, 1.165) is 37.1 Å². The summed E-state index contributed by atoms with van der Waals surface area (Å²) >= 11 is 5.35. The number of rotatable bonds is 5. The molecule has 18 heavy (non-hydrogen) atoms. The van der Waals surface area contributed by atoms with Crippen LogP contribution in [0.1, 0.15) is 31.4 Å².